The highest BCUT2D eigenvalue weighted by molar-refractivity contribution is 7.89. The molecule has 4 aromatic rings. The molecule has 0 saturated carbocycles. The van der Waals surface area contributed by atoms with E-state index in [4.69, 9.17) is 0 Å². The van der Waals surface area contributed by atoms with Crippen molar-refractivity contribution < 1.29 is 13.5 Å². The normalized spacial score (nSPS) is 12.7. The topological polar surface area (TPSA) is 96.2 Å². The van der Waals surface area contributed by atoms with E-state index >= 15 is 0 Å². The van der Waals surface area contributed by atoms with Gasteiger partial charge >= 0.3 is 0 Å². The molecule has 2 heterocycles. The second kappa shape index (κ2) is 11.1. The Bertz CT molecular complexity index is 1320. The van der Waals surface area contributed by atoms with Crippen molar-refractivity contribution in [1.29, 1.82) is 0 Å². The van der Waals surface area contributed by atoms with Gasteiger partial charge in [-0.2, -0.15) is 0 Å². The fourth-order valence-electron chi connectivity index (χ4n) is 3.96. The van der Waals surface area contributed by atoms with Gasteiger partial charge in [-0.05, 0) is 55.1 Å². The first-order valence-corrected chi connectivity index (χ1v) is 12.2. The molecule has 0 aliphatic rings. The van der Waals surface area contributed by atoms with Crippen molar-refractivity contribution in [2.24, 2.45) is 0 Å². The van der Waals surface area contributed by atoms with E-state index in [2.05, 4.69) is 37.9 Å². The molecule has 0 bridgehead atoms. The van der Waals surface area contributed by atoms with Crippen molar-refractivity contribution in [3.8, 4) is 0 Å². The van der Waals surface area contributed by atoms with Gasteiger partial charge in [-0.1, -0.05) is 24.3 Å². The molecular weight excluding hydrogens is 460 g/mol. The predicted molar refractivity (Wildman–Crippen MR) is 134 cm³/mol. The first kappa shape index (κ1) is 25.1. The molecule has 33 heavy (non-hydrogen) atoms. The van der Waals surface area contributed by atoms with Crippen LogP contribution in [0, 0.1) is 0 Å². The third kappa shape index (κ3) is 5.90. The number of para-hydroxylation sites is 1. The van der Waals surface area contributed by atoms with E-state index in [1.54, 1.807) is 36.7 Å². The molecule has 0 spiro atoms. The zero-order chi connectivity index (χ0) is 22.6. The van der Waals surface area contributed by atoms with Crippen LogP contribution in [0.3, 0.4) is 0 Å². The summed E-state index contributed by atoms with van der Waals surface area (Å²) in [7, 11) is -3.61. The van der Waals surface area contributed by atoms with Crippen LogP contribution in [0.1, 0.15) is 12.5 Å². The van der Waals surface area contributed by atoms with Gasteiger partial charge in [0.15, 0.2) is 0 Å². The molecule has 0 unspecified atom stereocenters. The minimum atomic E-state index is -3.61. The van der Waals surface area contributed by atoms with E-state index in [0.717, 1.165) is 29.3 Å². The van der Waals surface area contributed by atoms with E-state index in [0.29, 0.717) is 13.1 Å². The molecule has 7 nitrogen and oxygen atoms in total. The third-order valence-corrected chi connectivity index (χ3v) is 7.10. The Kier molecular flexibility index (Phi) is 8.45. The molecule has 0 amide bonds. The highest BCUT2D eigenvalue weighted by Crippen LogP contribution is 2.21. The summed E-state index contributed by atoms with van der Waals surface area (Å²) in [6.45, 7) is 3.76. The number of pyridine rings is 1. The maximum absolute atomic E-state index is 12.8. The number of nitrogens with zero attached hydrogens (tertiary/aromatic N) is 2. The van der Waals surface area contributed by atoms with E-state index in [1.807, 2.05) is 19.1 Å². The lowest BCUT2D eigenvalue weighted by atomic mass is 10.1. The zero-order valence-corrected chi connectivity index (χ0v) is 20.1. The van der Waals surface area contributed by atoms with Crippen LogP contribution in [-0.2, 0) is 23.0 Å². The van der Waals surface area contributed by atoms with E-state index < -0.39 is 10.0 Å². The van der Waals surface area contributed by atoms with Gasteiger partial charge in [0.1, 0.15) is 0 Å². The number of aliphatic hydroxyl groups is 1. The Balaban J connectivity index is 0.00000306. The SMILES string of the molecule is C[C@H](CNCCc1cn(CCO)c2ccccc12)NS(=O)(=O)c1ccc2cnccc2c1.Cl. The van der Waals surface area contributed by atoms with Crippen molar-refractivity contribution in [2.45, 2.75) is 30.8 Å². The van der Waals surface area contributed by atoms with Gasteiger partial charge < -0.3 is 15.0 Å². The van der Waals surface area contributed by atoms with Gasteiger partial charge in [-0.15, -0.1) is 12.4 Å². The maximum atomic E-state index is 12.8. The minimum absolute atomic E-state index is 0. The number of rotatable bonds is 10. The quantitative estimate of drug-likeness (QED) is 0.298. The van der Waals surface area contributed by atoms with Crippen molar-refractivity contribution in [1.82, 2.24) is 19.6 Å². The first-order valence-electron chi connectivity index (χ1n) is 10.7. The molecule has 0 radical (unpaired) electrons. The summed E-state index contributed by atoms with van der Waals surface area (Å²) >= 11 is 0. The molecule has 0 fully saturated rings. The van der Waals surface area contributed by atoms with Gasteiger partial charge in [0.2, 0.25) is 10.0 Å². The Morgan fingerprint density at radius 3 is 2.76 bits per heavy atom. The number of aliphatic hydroxyl groups excluding tert-OH is 1. The average Bonchev–Trinajstić information content (AvgIpc) is 3.14. The lowest BCUT2D eigenvalue weighted by molar-refractivity contribution is 0.278. The molecule has 0 aliphatic heterocycles. The molecule has 4 rings (SSSR count). The zero-order valence-electron chi connectivity index (χ0n) is 18.4. The van der Waals surface area contributed by atoms with E-state index in [9.17, 15) is 13.5 Å². The summed E-state index contributed by atoms with van der Waals surface area (Å²) in [5.41, 5.74) is 2.32. The number of halogens is 1. The van der Waals surface area contributed by atoms with E-state index in [1.165, 1.54) is 10.9 Å². The number of hydrogen-bond donors (Lipinski definition) is 3. The smallest absolute Gasteiger partial charge is 0.240 e. The van der Waals surface area contributed by atoms with Crippen molar-refractivity contribution in [3.05, 3.63) is 72.7 Å². The molecule has 9 heteroatoms. The summed E-state index contributed by atoms with van der Waals surface area (Å²) in [6.07, 6.45) is 6.27. The van der Waals surface area contributed by atoms with Gasteiger partial charge in [0.05, 0.1) is 11.5 Å². The largest absolute Gasteiger partial charge is 0.395 e. The molecule has 176 valence electrons. The Morgan fingerprint density at radius 1 is 1.12 bits per heavy atom. The molecule has 0 aliphatic carbocycles. The molecule has 1 atom stereocenters. The number of aromatic nitrogens is 2. The minimum Gasteiger partial charge on any atom is -0.395 e. The summed E-state index contributed by atoms with van der Waals surface area (Å²) in [4.78, 5) is 4.31. The second-order valence-corrected chi connectivity index (χ2v) is 9.66. The third-order valence-electron chi connectivity index (χ3n) is 5.51. The standard InChI is InChI=1S/C24H28N4O3S.ClH/c1-18(27-32(30,31)22-7-6-20-16-26-10-8-19(20)14-22)15-25-11-9-21-17-28(12-13-29)24-5-3-2-4-23(21)24;/h2-8,10,14,16-18,25,27,29H,9,11-13,15H2,1H3;1H/t18-;/m1./s1. The van der Waals surface area contributed by atoms with Crippen molar-refractivity contribution in [3.63, 3.8) is 0 Å². The summed E-state index contributed by atoms with van der Waals surface area (Å²) in [5, 5.41) is 15.6. The number of sulfonamides is 1. The van der Waals surface area contributed by atoms with Gasteiger partial charge in [0, 0.05) is 54.0 Å². The highest BCUT2D eigenvalue weighted by atomic mass is 35.5. The first-order chi connectivity index (χ1) is 15.5. The van der Waals surface area contributed by atoms with Crippen LogP contribution >= 0.6 is 12.4 Å². The van der Waals surface area contributed by atoms with Crippen LogP contribution in [-0.4, -0.2) is 48.8 Å². The molecule has 0 saturated heterocycles. The van der Waals surface area contributed by atoms with Gasteiger partial charge in [-0.3, -0.25) is 4.98 Å². The fraction of sp³-hybridized carbons (Fsp3) is 0.292. The summed E-state index contributed by atoms with van der Waals surface area (Å²) in [5.74, 6) is 0. The van der Waals surface area contributed by atoms with Crippen LogP contribution in [0.2, 0.25) is 0 Å². The number of fused-ring (bicyclic) bond motifs is 2. The predicted octanol–water partition coefficient (Wildman–Crippen LogP) is 3.10. The van der Waals surface area contributed by atoms with Crippen LogP contribution < -0.4 is 10.0 Å². The fourth-order valence-corrected chi connectivity index (χ4v) is 5.24. The lowest BCUT2D eigenvalue weighted by Gasteiger charge is -2.15. The van der Waals surface area contributed by atoms with Crippen molar-refractivity contribution >= 4 is 44.1 Å². The Hall–Kier alpha value is -2.49. The van der Waals surface area contributed by atoms with Crippen LogP contribution in [0.25, 0.3) is 21.7 Å². The molecular formula is C24H29ClN4O3S. The van der Waals surface area contributed by atoms with Crippen LogP contribution in [0.4, 0.5) is 0 Å². The number of hydrogen-bond acceptors (Lipinski definition) is 5. The van der Waals surface area contributed by atoms with Crippen LogP contribution in [0.15, 0.2) is 72.0 Å². The van der Waals surface area contributed by atoms with Crippen LogP contribution in [0.5, 0.6) is 0 Å². The summed E-state index contributed by atoms with van der Waals surface area (Å²) < 4.78 is 30.4. The number of benzene rings is 2. The molecule has 2 aromatic carbocycles. The molecule has 3 N–H and O–H groups in total. The van der Waals surface area contributed by atoms with Gasteiger partial charge in [-0.25, -0.2) is 13.1 Å². The maximum Gasteiger partial charge on any atom is 0.240 e. The summed E-state index contributed by atoms with van der Waals surface area (Å²) in [6, 6.07) is 14.8. The average molecular weight is 489 g/mol. The molecule has 2 aromatic heterocycles. The Labute approximate surface area is 200 Å². The van der Waals surface area contributed by atoms with Gasteiger partial charge in [0.25, 0.3) is 0 Å². The van der Waals surface area contributed by atoms with Crippen molar-refractivity contribution in [2.75, 3.05) is 19.7 Å². The highest BCUT2D eigenvalue weighted by Gasteiger charge is 2.17. The number of nitrogens with one attached hydrogen (secondary N) is 2. The second-order valence-electron chi connectivity index (χ2n) is 7.95. The van der Waals surface area contributed by atoms with E-state index in [-0.39, 0.29) is 30.0 Å². The lowest BCUT2D eigenvalue weighted by Crippen LogP contribution is -2.40. The monoisotopic (exact) mass is 488 g/mol. The Morgan fingerprint density at radius 2 is 1.94 bits per heavy atom.